The van der Waals surface area contributed by atoms with E-state index in [0.717, 1.165) is 13.2 Å². The van der Waals surface area contributed by atoms with Crippen molar-refractivity contribution in [2.45, 2.75) is 58.5 Å². The Morgan fingerprint density at radius 2 is 2.13 bits per heavy atom. The van der Waals surface area contributed by atoms with Crippen molar-refractivity contribution >= 4 is 0 Å². The molecular formula is C13H27NO. The Hall–Kier alpha value is -0.0800. The van der Waals surface area contributed by atoms with Gasteiger partial charge in [-0.2, -0.15) is 0 Å². The van der Waals surface area contributed by atoms with Crippen LogP contribution >= 0.6 is 0 Å². The average Bonchev–Trinajstić information content (AvgIpc) is 2.57. The largest absolute Gasteiger partial charge is 0.378 e. The Morgan fingerprint density at radius 1 is 1.33 bits per heavy atom. The molecule has 1 saturated heterocycles. The molecule has 0 aromatic rings. The Labute approximate surface area is 94.8 Å². The molecule has 0 aromatic carbocycles. The smallest absolute Gasteiger partial charge is 0.0616 e. The highest BCUT2D eigenvalue weighted by Crippen LogP contribution is 2.39. The Balaban J connectivity index is 2.36. The van der Waals surface area contributed by atoms with Crippen molar-refractivity contribution in [3.05, 3.63) is 0 Å². The minimum atomic E-state index is 0.419. The van der Waals surface area contributed by atoms with Crippen molar-refractivity contribution in [3.8, 4) is 0 Å². The van der Waals surface area contributed by atoms with Crippen LogP contribution in [0.1, 0.15) is 52.4 Å². The highest BCUT2D eigenvalue weighted by molar-refractivity contribution is 4.90. The van der Waals surface area contributed by atoms with E-state index in [1.165, 1.54) is 38.5 Å². The van der Waals surface area contributed by atoms with Crippen LogP contribution in [0, 0.1) is 5.41 Å². The first-order valence-electron chi connectivity index (χ1n) is 6.51. The van der Waals surface area contributed by atoms with Crippen molar-refractivity contribution < 1.29 is 4.74 Å². The summed E-state index contributed by atoms with van der Waals surface area (Å²) in [6.45, 7) is 6.58. The van der Waals surface area contributed by atoms with E-state index in [1.54, 1.807) is 0 Å². The summed E-state index contributed by atoms with van der Waals surface area (Å²) >= 11 is 0. The first-order valence-corrected chi connectivity index (χ1v) is 6.51. The van der Waals surface area contributed by atoms with Crippen LogP contribution in [-0.4, -0.2) is 26.3 Å². The zero-order chi connectivity index (χ0) is 11.1. The normalized spacial score (nSPS) is 31.0. The van der Waals surface area contributed by atoms with Crippen LogP contribution in [0.2, 0.25) is 0 Å². The molecule has 0 radical (unpaired) electrons. The van der Waals surface area contributed by atoms with Gasteiger partial charge in [0.1, 0.15) is 0 Å². The van der Waals surface area contributed by atoms with Gasteiger partial charge in [-0.3, -0.25) is 0 Å². The van der Waals surface area contributed by atoms with Gasteiger partial charge in [0, 0.05) is 18.6 Å². The summed E-state index contributed by atoms with van der Waals surface area (Å²) in [5.41, 5.74) is 0.419. The van der Waals surface area contributed by atoms with Crippen molar-refractivity contribution in [1.29, 1.82) is 0 Å². The van der Waals surface area contributed by atoms with Crippen LogP contribution in [0.5, 0.6) is 0 Å². The summed E-state index contributed by atoms with van der Waals surface area (Å²) in [6.07, 6.45) is 8.45. The van der Waals surface area contributed by atoms with E-state index in [4.69, 9.17) is 4.74 Å². The van der Waals surface area contributed by atoms with Gasteiger partial charge in [-0.05, 0) is 26.8 Å². The van der Waals surface area contributed by atoms with E-state index >= 15 is 0 Å². The fraction of sp³-hybridized carbons (Fsp3) is 1.00. The Morgan fingerprint density at radius 3 is 2.67 bits per heavy atom. The fourth-order valence-corrected chi connectivity index (χ4v) is 2.72. The molecule has 2 unspecified atom stereocenters. The van der Waals surface area contributed by atoms with Gasteiger partial charge in [0.05, 0.1) is 6.10 Å². The molecule has 1 aliphatic rings. The summed E-state index contributed by atoms with van der Waals surface area (Å²) in [5, 5.41) is 3.34. The Bertz CT molecular complexity index is 172. The summed E-state index contributed by atoms with van der Waals surface area (Å²) in [5.74, 6) is 0. The second-order valence-corrected chi connectivity index (χ2v) is 4.97. The van der Waals surface area contributed by atoms with Crippen molar-refractivity contribution in [2.75, 3.05) is 20.2 Å². The molecule has 1 rings (SSSR count). The molecule has 0 aromatic heterocycles. The van der Waals surface area contributed by atoms with Crippen LogP contribution in [-0.2, 0) is 4.74 Å². The molecule has 0 amide bonds. The van der Waals surface area contributed by atoms with E-state index in [1.807, 2.05) is 0 Å². The summed E-state index contributed by atoms with van der Waals surface area (Å²) in [6, 6.07) is 0. The minimum absolute atomic E-state index is 0.419. The lowest BCUT2D eigenvalue weighted by molar-refractivity contribution is 0.0580. The summed E-state index contributed by atoms with van der Waals surface area (Å²) in [7, 11) is 2.05. The average molecular weight is 213 g/mol. The predicted octanol–water partition coefficient (Wildman–Crippen LogP) is 2.97. The fourth-order valence-electron chi connectivity index (χ4n) is 2.72. The molecule has 0 spiro atoms. The number of hydrogen-bond donors (Lipinski definition) is 1. The van der Waals surface area contributed by atoms with Crippen LogP contribution < -0.4 is 5.32 Å². The van der Waals surface area contributed by atoms with Gasteiger partial charge < -0.3 is 10.1 Å². The highest BCUT2D eigenvalue weighted by atomic mass is 16.5. The lowest BCUT2D eigenvalue weighted by Gasteiger charge is -2.32. The second kappa shape index (κ2) is 6.49. The second-order valence-electron chi connectivity index (χ2n) is 4.97. The Kier molecular flexibility index (Phi) is 5.62. The van der Waals surface area contributed by atoms with E-state index in [2.05, 4.69) is 26.2 Å². The SMILES string of the molecule is CCCCCCC1(CNC)CCOC1C. The van der Waals surface area contributed by atoms with Gasteiger partial charge in [0.25, 0.3) is 0 Å². The molecule has 0 saturated carbocycles. The molecule has 1 fully saturated rings. The van der Waals surface area contributed by atoms with Crippen molar-refractivity contribution in [2.24, 2.45) is 5.41 Å². The van der Waals surface area contributed by atoms with Gasteiger partial charge in [-0.1, -0.05) is 32.6 Å². The van der Waals surface area contributed by atoms with E-state index in [0.29, 0.717) is 11.5 Å². The van der Waals surface area contributed by atoms with Gasteiger partial charge >= 0.3 is 0 Å². The number of nitrogens with one attached hydrogen (secondary N) is 1. The first kappa shape index (κ1) is 13.0. The van der Waals surface area contributed by atoms with E-state index in [-0.39, 0.29) is 0 Å². The molecule has 90 valence electrons. The van der Waals surface area contributed by atoms with E-state index in [9.17, 15) is 0 Å². The predicted molar refractivity (Wildman–Crippen MR) is 65.1 cm³/mol. The quantitative estimate of drug-likeness (QED) is 0.656. The molecule has 15 heavy (non-hydrogen) atoms. The van der Waals surface area contributed by atoms with Crippen LogP contribution in [0.25, 0.3) is 0 Å². The lowest BCUT2D eigenvalue weighted by Crippen LogP contribution is -2.38. The maximum absolute atomic E-state index is 5.74. The maximum atomic E-state index is 5.74. The number of hydrogen-bond acceptors (Lipinski definition) is 2. The lowest BCUT2D eigenvalue weighted by atomic mass is 9.77. The third-order valence-electron chi connectivity index (χ3n) is 3.89. The number of rotatable bonds is 7. The van der Waals surface area contributed by atoms with Gasteiger partial charge in [-0.25, -0.2) is 0 Å². The molecular weight excluding hydrogens is 186 g/mol. The van der Waals surface area contributed by atoms with Gasteiger partial charge in [0.15, 0.2) is 0 Å². The van der Waals surface area contributed by atoms with Gasteiger partial charge in [-0.15, -0.1) is 0 Å². The van der Waals surface area contributed by atoms with Gasteiger partial charge in [0.2, 0.25) is 0 Å². The summed E-state index contributed by atoms with van der Waals surface area (Å²) in [4.78, 5) is 0. The molecule has 1 aliphatic heterocycles. The number of ether oxygens (including phenoxy) is 1. The molecule has 2 nitrogen and oxygen atoms in total. The van der Waals surface area contributed by atoms with E-state index < -0.39 is 0 Å². The standard InChI is InChI=1S/C13H27NO/c1-4-5-6-7-8-13(11-14-3)9-10-15-12(13)2/h12,14H,4-11H2,1-3H3. The minimum Gasteiger partial charge on any atom is -0.378 e. The molecule has 0 bridgehead atoms. The third-order valence-corrected chi connectivity index (χ3v) is 3.89. The zero-order valence-electron chi connectivity index (χ0n) is 10.6. The molecule has 1 heterocycles. The van der Waals surface area contributed by atoms with Crippen LogP contribution in [0.3, 0.4) is 0 Å². The van der Waals surface area contributed by atoms with Crippen LogP contribution in [0.4, 0.5) is 0 Å². The highest BCUT2D eigenvalue weighted by Gasteiger charge is 2.39. The number of unbranched alkanes of at least 4 members (excludes halogenated alkanes) is 3. The third kappa shape index (κ3) is 3.46. The van der Waals surface area contributed by atoms with Crippen molar-refractivity contribution in [1.82, 2.24) is 5.32 Å². The maximum Gasteiger partial charge on any atom is 0.0616 e. The topological polar surface area (TPSA) is 21.3 Å². The van der Waals surface area contributed by atoms with Crippen molar-refractivity contribution in [3.63, 3.8) is 0 Å². The molecule has 2 heteroatoms. The first-order chi connectivity index (χ1) is 7.25. The molecule has 2 atom stereocenters. The zero-order valence-corrected chi connectivity index (χ0v) is 10.6. The molecule has 1 N–H and O–H groups in total. The molecule has 0 aliphatic carbocycles. The summed E-state index contributed by atoms with van der Waals surface area (Å²) < 4.78 is 5.74. The van der Waals surface area contributed by atoms with Crippen LogP contribution in [0.15, 0.2) is 0 Å². The monoisotopic (exact) mass is 213 g/mol.